The Bertz CT molecular complexity index is 3310. The van der Waals surface area contributed by atoms with E-state index in [0.717, 1.165) is 19.3 Å². The smallest absolute Gasteiger partial charge is 0.408 e. The van der Waals surface area contributed by atoms with Crippen molar-refractivity contribution in [2.24, 2.45) is 46.3 Å². The first-order valence-corrected chi connectivity index (χ1v) is 31.8. The second-order valence-electron chi connectivity index (χ2n) is 27.8. The number of carbonyl (C=O) groups excluding carboxylic acids is 6. The summed E-state index contributed by atoms with van der Waals surface area (Å²) in [6.45, 7) is 14.1. The van der Waals surface area contributed by atoms with Crippen molar-refractivity contribution in [3.8, 4) is 23.3 Å². The predicted octanol–water partition coefficient (Wildman–Crippen LogP) is 9.35. The van der Waals surface area contributed by atoms with Gasteiger partial charge in [0.05, 0.1) is 49.4 Å². The zero-order chi connectivity index (χ0) is 66.4. The van der Waals surface area contributed by atoms with Gasteiger partial charge in [-0.3, -0.25) is 9.59 Å². The number of carbonyl (C=O) groups is 4. The Labute approximate surface area is 568 Å². The number of benzene rings is 2. The maximum atomic E-state index is 16.0. The Morgan fingerprint density at radius 2 is 1.09 bits per heavy atom. The number of fused-ring (bicyclic) bond motifs is 12. The maximum absolute atomic E-state index is 16.0. The van der Waals surface area contributed by atoms with Crippen LogP contribution in [0.2, 0.25) is 0 Å². The summed E-state index contributed by atoms with van der Waals surface area (Å²) in [7, 11) is 2.96. The normalized spacial score (nSPS) is 31.2. The summed E-state index contributed by atoms with van der Waals surface area (Å²) >= 11 is 0. The Kier molecular flexibility index (Phi) is 23.0. The van der Waals surface area contributed by atoms with Crippen LogP contribution in [-0.4, -0.2) is 168 Å². The molecule has 2 saturated heterocycles. The third-order valence-electron chi connectivity index (χ3n) is 19.6. The summed E-state index contributed by atoms with van der Waals surface area (Å²) in [5, 5.41) is 5.56. The van der Waals surface area contributed by atoms with Gasteiger partial charge in [-0.25, -0.2) is 42.1 Å². The molecule has 2 radical (unpaired) electrons. The van der Waals surface area contributed by atoms with Crippen LogP contribution in [0.1, 0.15) is 131 Å². The third kappa shape index (κ3) is 15.5. The molecule has 2 aromatic heterocycles. The van der Waals surface area contributed by atoms with Gasteiger partial charge in [0.25, 0.3) is 0 Å². The molecule has 4 bridgehead atoms. The van der Waals surface area contributed by atoms with Crippen LogP contribution in [-0.2, 0) is 87.1 Å². The summed E-state index contributed by atoms with van der Waals surface area (Å²) in [5.41, 5.74) is -2.82. The van der Waals surface area contributed by atoms with E-state index in [1.807, 2.05) is 33.3 Å². The monoisotopic (exact) mass is 1390 g/mol. The first kappa shape index (κ1) is 73.8. The van der Waals surface area contributed by atoms with Gasteiger partial charge in [0.15, 0.2) is 11.4 Å². The molecular formula is C66H84F4N8O14V2-2. The molecule has 94 heavy (non-hydrogen) atoms. The van der Waals surface area contributed by atoms with Crippen LogP contribution < -0.4 is 29.6 Å². The summed E-state index contributed by atoms with van der Waals surface area (Å²) < 4.78 is 110. The van der Waals surface area contributed by atoms with Crippen LogP contribution in [0.15, 0.2) is 36.4 Å². The molecule has 0 spiro atoms. The number of hydrogen-bond donors (Lipinski definition) is 2. The number of alkyl carbamates (subject to hydrolysis) is 2. The second kappa shape index (κ2) is 29.3. The molecule has 6 heterocycles. The van der Waals surface area contributed by atoms with E-state index in [1.165, 1.54) is 30.1 Å². The molecule has 14 atom stereocenters. The van der Waals surface area contributed by atoms with E-state index in [-0.39, 0.29) is 97.3 Å². The average molecular weight is 1390 g/mol. The van der Waals surface area contributed by atoms with Gasteiger partial charge in [0, 0.05) is 74.3 Å². The van der Waals surface area contributed by atoms with Crippen molar-refractivity contribution < 1.29 is 121 Å². The van der Waals surface area contributed by atoms with E-state index < -0.39 is 143 Å². The molecular weight excluding hydrogens is 1310 g/mol. The molecule has 4 aromatic rings. The van der Waals surface area contributed by atoms with Crippen molar-refractivity contribution in [2.75, 3.05) is 53.7 Å². The van der Waals surface area contributed by atoms with E-state index in [9.17, 15) is 28.8 Å². The molecule has 5 fully saturated rings. The first-order chi connectivity index (χ1) is 43.5. The van der Waals surface area contributed by atoms with Crippen LogP contribution in [0.3, 0.4) is 0 Å². The summed E-state index contributed by atoms with van der Waals surface area (Å²) in [5.74, 6) is -8.76. The van der Waals surface area contributed by atoms with E-state index >= 15 is 17.6 Å². The quantitative estimate of drug-likeness (QED) is 0.135. The number of methoxy groups -OCH3 is 2. The molecule has 3 aliphatic carbocycles. The maximum Gasteiger partial charge on any atom is 0.408 e. The molecule has 4 aliphatic heterocycles. The fourth-order valence-electron chi connectivity index (χ4n) is 14.4. The van der Waals surface area contributed by atoms with Crippen LogP contribution >= 0.6 is 0 Å². The zero-order valence-corrected chi connectivity index (χ0v) is 57.7. The molecule has 512 valence electrons. The van der Waals surface area contributed by atoms with Crippen LogP contribution in [0, 0.1) is 46.3 Å². The van der Waals surface area contributed by atoms with Crippen molar-refractivity contribution >= 4 is 58.6 Å². The summed E-state index contributed by atoms with van der Waals surface area (Å²) in [6, 6.07) is 5.21. The fourth-order valence-corrected chi connectivity index (χ4v) is 14.4. The number of ether oxygens (including phenoxy) is 8. The van der Waals surface area contributed by atoms with Gasteiger partial charge < -0.3 is 67.9 Å². The average Bonchev–Trinajstić information content (AvgIpc) is 1.48. The van der Waals surface area contributed by atoms with Gasteiger partial charge in [0.1, 0.15) is 60.7 Å². The van der Waals surface area contributed by atoms with Crippen LogP contribution in [0.5, 0.6) is 23.3 Å². The number of alkyl halides is 4. The number of aromatic nitrogens is 4. The molecule has 4 amide bonds. The minimum Gasteiger partial charge on any atom is -0.540 e. The van der Waals surface area contributed by atoms with Crippen molar-refractivity contribution in [3.05, 3.63) is 47.8 Å². The number of hydrogen-bond acceptors (Lipinski definition) is 18. The Balaban J connectivity index is 0.000000236. The molecule has 7 aliphatic rings. The molecule has 11 rings (SSSR count). The number of nitrogens with one attached hydrogen (secondary N) is 2. The molecule has 28 heteroatoms. The van der Waals surface area contributed by atoms with Crippen LogP contribution in [0.4, 0.5) is 27.2 Å². The number of halogens is 4. The van der Waals surface area contributed by atoms with E-state index in [0.29, 0.717) is 61.9 Å². The summed E-state index contributed by atoms with van der Waals surface area (Å²) in [6.07, 6.45) is 5.60. The van der Waals surface area contributed by atoms with Crippen molar-refractivity contribution in [1.29, 1.82) is 0 Å². The minimum atomic E-state index is -3.60. The van der Waals surface area contributed by atoms with Gasteiger partial charge in [-0.1, -0.05) is 80.3 Å². The van der Waals surface area contributed by atoms with Crippen molar-refractivity contribution in [1.82, 2.24) is 40.4 Å². The van der Waals surface area contributed by atoms with Gasteiger partial charge in [-0.15, -0.1) is 0 Å². The fraction of sp³-hybridized carbons (Fsp3) is 0.667. The minimum absolute atomic E-state index is 0. The van der Waals surface area contributed by atoms with Crippen molar-refractivity contribution in [2.45, 2.75) is 180 Å². The van der Waals surface area contributed by atoms with Gasteiger partial charge in [-0.2, -0.15) is 17.6 Å². The molecule has 2 N–H and O–H groups in total. The van der Waals surface area contributed by atoms with Crippen LogP contribution in [0.25, 0.3) is 22.1 Å². The van der Waals surface area contributed by atoms with E-state index in [2.05, 4.69) is 30.6 Å². The largest absolute Gasteiger partial charge is 0.540 e. The number of amides is 4. The van der Waals surface area contributed by atoms with E-state index in [4.69, 9.17) is 37.9 Å². The summed E-state index contributed by atoms with van der Waals surface area (Å²) in [4.78, 5) is 99.7. The Morgan fingerprint density at radius 3 is 1.53 bits per heavy atom. The topological polar surface area (TPSA) is 258 Å². The Morgan fingerprint density at radius 1 is 0.617 bits per heavy atom. The molecule has 3 saturated carbocycles. The Hall–Kier alpha value is -6.05. The van der Waals surface area contributed by atoms with Gasteiger partial charge in [-0.05, 0) is 111 Å². The molecule has 22 nitrogen and oxygen atoms in total. The first-order valence-electron chi connectivity index (χ1n) is 31.8. The SMILES string of the molecule is CC[C@@H]1[C@@H]2CN(C(=O)[C@H](C(C)(C)C)NC(=O)O[C@@H]3CC4CC4[C@H]3CCOCC(F)(F)c3nc4ccc(OC)cc4nc3O2)[C@@H]1[C-]=O.CC[C@@H]1[C@@H]2CN(C(=O)[C@H](C(C)(C)C)NC(=O)O[C@]3(C)CCC[C@H]3CCOCC(F)(F)c3nc4ccc(OC)cc4nc3O2)[C@@H]1[C-]=O.[V].[V]. The predicted molar refractivity (Wildman–Crippen MR) is 325 cm³/mol. The number of rotatable bonds is 6. The molecule has 2 aromatic carbocycles. The van der Waals surface area contributed by atoms with E-state index in [1.54, 1.807) is 71.9 Å². The standard InChI is InChI=1S/C33H41F2N4O7.C33H43F2N4O7.2V/c1-6-19-24(15-40)39-14-26(19)45-29-27(36-22-8-7-18(43-5)13-23(22)37-29)33(34,35)16-44-10-9-20-21-11-17(21)12-25(20)46-31(42)38-28(30(39)41)32(2,3)4;1-7-21-24(17-40)39-16-25(21)45-28-26(36-22-11-10-20(43-6)15-23(22)37-28)33(34,35)18-44-14-12-19-9-8-13-32(19,5)46-30(42)38-27(29(39)41)31(2,3)4;;/h7-8,13,17,19-21,24-26,28H,6,9-12,14,16H2,1-5H3,(H,38,42);10-11,15,19,21,24-25,27H,7-9,12-14,16,18H2,1-6H3,(H,38,42);;/q2*-1;;/t17?,19-,20+,21?,24+,25+,26-,28+;19-,21-,24+,25-,27+,32+;;/m00../s1. The second-order valence-corrected chi connectivity index (χ2v) is 27.8. The van der Waals surface area contributed by atoms with Gasteiger partial charge in [0.2, 0.25) is 23.6 Å². The molecule has 2 unspecified atom stereocenters. The third-order valence-corrected chi connectivity index (χ3v) is 19.6. The zero-order valence-electron chi connectivity index (χ0n) is 54.9. The van der Waals surface area contributed by atoms with Crippen molar-refractivity contribution in [3.63, 3.8) is 0 Å². The number of nitrogens with zero attached hydrogens (tertiary/aromatic N) is 6. The van der Waals surface area contributed by atoms with Gasteiger partial charge >= 0.3 is 24.0 Å².